The third-order valence-corrected chi connectivity index (χ3v) is 3.49. The van der Waals surface area contributed by atoms with Gasteiger partial charge in [-0.05, 0) is 29.5 Å². The van der Waals surface area contributed by atoms with E-state index in [1.165, 1.54) is 5.56 Å². The molecule has 1 aromatic heterocycles. The smallest absolute Gasteiger partial charge is 0.169 e. The van der Waals surface area contributed by atoms with Crippen molar-refractivity contribution in [2.45, 2.75) is 46.1 Å². The lowest BCUT2D eigenvalue weighted by Gasteiger charge is -2.19. The highest BCUT2D eigenvalue weighted by atomic mass is 16.5. The second-order valence-corrected chi connectivity index (χ2v) is 6.12. The number of aromatic nitrogens is 3. The molecular formula is C16H24N4O. The number of hydrogen-bond donors (Lipinski definition) is 1. The minimum atomic E-state index is 0.160. The van der Waals surface area contributed by atoms with Gasteiger partial charge in [-0.15, -0.1) is 5.10 Å². The third-order valence-electron chi connectivity index (χ3n) is 3.49. The van der Waals surface area contributed by atoms with E-state index in [4.69, 9.17) is 10.5 Å². The molecule has 5 heteroatoms. The molecule has 0 aliphatic rings. The molecule has 0 bridgehead atoms. The van der Waals surface area contributed by atoms with Gasteiger partial charge in [0.05, 0.1) is 12.2 Å². The molecule has 0 spiro atoms. The van der Waals surface area contributed by atoms with E-state index in [-0.39, 0.29) is 5.41 Å². The van der Waals surface area contributed by atoms with E-state index in [1.54, 1.807) is 4.68 Å². The van der Waals surface area contributed by atoms with Crippen molar-refractivity contribution in [2.24, 2.45) is 0 Å². The summed E-state index contributed by atoms with van der Waals surface area (Å²) < 4.78 is 7.56. The van der Waals surface area contributed by atoms with Crippen molar-refractivity contribution in [3.05, 3.63) is 35.5 Å². The van der Waals surface area contributed by atoms with Gasteiger partial charge >= 0.3 is 0 Å². The van der Waals surface area contributed by atoms with Gasteiger partial charge < -0.3 is 10.5 Å². The van der Waals surface area contributed by atoms with Crippen LogP contribution in [0.4, 0.5) is 5.82 Å². The molecule has 2 aromatic rings. The summed E-state index contributed by atoms with van der Waals surface area (Å²) in [5, 5.41) is 7.91. The predicted octanol–water partition coefficient (Wildman–Crippen LogP) is 2.80. The molecule has 0 atom stereocenters. The van der Waals surface area contributed by atoms with E-state index < -0.39 is 0 Å². The Morgan fingerprint density at radius 3 is 2.43 bits per heavy atom. The van der Waals surface area contributed by atoms with Crippen molar-refractivity contribution in [1.82, 2.24) is 15.0 Å². The first kappa shape index (κ1) is 15.4. The third kappa shape index (κ3) is 3.74. The summed E-state index contributed by atoms with van der Waals surface area (Å²) in [5.41, 5.74) is 8.17. The fraction of sp³-hybridized carbons (Fsp3) is 0.500. The van der Waals surface area contributed by atoms with Gasteiger partial charge in [0.2, 0.25) is 0 Å². The number of nitrogens with two attached hydrogens (primary N) is 1. The highest BCUT2D eigenvalue weighted by molar-refractivity contribution is 5.33. The van der Waals surface area contributed by atoms with Crippen LogP contribution in [0.1, 0.15) is 39.0 Å². The number of benzene rings is 1. The SMILES string of the molecule is CCc1c(N)nnn1CCOc1ccc(C(C)(C)C)cc1. The maximum Gasteiger partial charge on any atom is 0.169 e. The van der Waals surface area contributed by atoms with E-state index >= 15 is 0 Å². The van der Waals surface area contributed by atoms with Crippen LogP contribution < -0.4 is 10.5 Å². The molecule has 0 saturated carbocycles. The average molecular weight is 288 g/mol. The van der Waals surface area contributed by atoms with Gasteiger partial charge in [-0.1, -0.05) is 45.0 Å². The Labute approximate surface area is 126 Å². The second kappa shape index (κ2) is 6.16. The zero-order valence-corrected chi connectivity index (χ0v) is 13.3. The van der Waals surface area contributed by atoms with Gasteiger partial charge in [0.1, 0.15) is 12.4 Å². The summed E-state index contributed by atoms with van der Waals surface area (Å²) in [6.45, 7) is 9.83. The highest BCUT2D eigenvalue weighted by Gasteiger charge is 2.13. The fourth-order valence-electron chi connectivity index (χ4n) is 2.19. The Hall–Kier alpha value is -2.04. The van der Waals surface area contributed by atoms with E-state index in [0.29, 0.717) is 19.0 Å². The van der Waals surface area contributed by atoms with E-state index in [9.17, 15) is 0 Å². The van der Waals surface area contributed by atoms with Gasteiger partial charge in [-0.2, -0.15) is 0 Å². The molecular weight excluding hydrogens is 264 g/mol. The molecule has 0 aliphatic heterocycles. The predicted molar refractivity (Wildman–Crippen MR) is 84.4 cm³/mol. The fourth-order valence-corrected chi connectivity index (χ4v) is 2.19. The molecule has 5 nitrogen and oxygen atoms in total. The molecule has 0 radical (unpaired) electrons. The van der Waals surface area contributed by atoms with E-state index in [2.05, 4.69) is 43.2 Å². The molecule has 0 unspecified atom stereocenters. The molecule has 0 amide bonds. The lowest BCUT2D eigenvalue weighted by Crippen LogP contribution is -2.13. The Morgan fingerprint density at radius 2 is 1.86 bits per heavy atom. The number of ether oxygens (including phenoxy) is 1. The van der Waals surface area contributed by atoms with Crippen LogP contribution in [-0.2, 0) is 18.4 Å². The number of anilines is 1. The first-order valence-electron chi connectivity index (χ1n) is 7.33. The summed E-state index contributed by atoms with van der Waals surface area (Å²) in [4.78, 5) is 0. The van der Waals surface area contributed by atoms with Gasteiger partial charge in [0.25, 0.3) is 0 Å². The van der Waals surface area contributed by atoms with Gasteiger partial charge in [-0.25, -0.2) is 4.68 Å². The average Bonchev–Trinajstić information content (AvgIpc) is 2.79. The summed E-state index contributed by atoms with van der Waals surface area (Å²) in [6.07, 6.45) is 0.819. The molecule has 0 fully saturated rings. The molecule has 2 N–H and O–H groups in total. The van der Waals surface area contributed by atoms with Gasteiger partial charge in [0.15, 0.2) is 5.82 Å². The van der Waals surface area contributed by atoms with Crippen molar-refractivity contribution in [3.63, 3.8) is 0 Å². The highest BCUT2D eigenvalue weighted by Crippen LogP contribution is 2.24. The van der Waals surface area contributed by atoms with Gasteiger partial charge in [0, 0.05) is 0 Å². The number of nitrogens with zero attached hydrogens (tertiary/aromatic N) is 3. The zero-order chi connectivity index (χ0) is 15.5. The standard InChI is InChI=1S/C16H24N4O/c1-5-14-15(17)18-19-20(14)10-11-21-13-8-6-12(7-9-13)16(2,3)4/h6-9H,5,10-11,17H2,1-4H3. The van der Waals surface area contributed by atoms with Crippen LogP contribution in [0.2, 0.25) is 0 Å². The van der Waals surface area contributed by atoms with Crippen molar-refractivity contribution in [1.29, 1.82) is 0 Å². The number of hydrogen-bond acceptors (Lipinski definition) is 4. The Bertz CT molecular complexity index is 581. The summed E-state index contributed by atoms with van der Waals surface area (Å²) in [7, 11) is 0. The second-order valence-electron chi connectivity index (χ2n) is 6.12. The van der Waals surface area contributed by atoms with E-state index in [1.807, 2.05) is 19.1 Å². The number of rotatable bonds is 5. The molecule has 114 valence electrons. The largest absolute Gasteiger partial charge is 0.492 e. The minimum Gasteiger partial charge on any atom is -0.492 e. The van der Waals surface area contributed by atoms with Crippen LogP contribution in [0, 0.1) is 0 Å². The molecule has 0 aliphatic carbocycles. The van der Waals surface area contributed by atoms with Crippen molar-refractivity contribution < 1.29 is 4.74 Å². The Morgan fingerprint density at radius 1 is 1.19 bits per heavy atom. The van der Waals surface area contributed by atoms with Crippen LogP contribution in [0.3, 0.4) is 0 Å². The van der Waals surface area contributed by atoms with Crippen LogP contribution in [-0.4, -0.2) is 21.6 Å². The summed E-state index contributed by atoms with van der Waals surface area (Å²) in [6, 6.07) is 8.24. The normalized spacial score (nSPS) is 11.6. The Kier molecular flexibility index (Phi) is 4.50. The minimum absolute atomic E-state index is 0.160. The zero-order valence-electron chi connectivity index (χ0n) is 13.3. The van der Waals surface area contributed by atoms with Crippen LogP contribution >= 0.6 is 0 Å². The lowest BCUT2D eigenvalue weighted by molar-refractivity contribution is 0.287. The molecule has 21 heavy (non-hydrogen) atoms. The van der Waals surface area contributed by atoms with Crippen molar-refractivity contribution in [2.75, 3.05) is 12.3 Å². The van der Waals surface area contributed by atoms with Crippen molar-refractivity contribution >= 4 is 5.82 Å². The number of nitrogen functional groups attached to an aromatic ring is 1. The first-order valence-corrected chi connectivity index (χ1v) is 7.33. The monoisotopic (exact) mass is 288 g/mol. The maximum atomic E-state index is 5.76. The Balaban J connectivity index is 1.91. The topological polar surface area (TPSA) is 66.0 Å². The molecule has 2 rings (SSSR count). The van der Waals surface area contributed by atoms with Crippen molar-refractivity contribution in [3.8, 4) is 5.75 Å². The summed E-state index contributed by atoms with van der Waals surface area (Å²) >= 11 is 0. The summed E-state index contributed by atoms with van der Waals surface area (Å²) in [5.74, 6) is 1.38. The van der Waals surface area contributed by atoms with Crippen LogP contribution in [0.25, 0.3) is 0 Å². The molecule has 0 saturated heterocycles. The molecule has 1 aromatic carbocycles. The first-order chi connectivity index (χ1) is 9.91. The van der Waals surface area contributed by atoms with Gasteiger partial charge in [-0.3, -0.25) is 0 Å². The van der Waals surface area contributed by atoms with Crippen LogP contribution in [0.15, 0.2) is 24.3 Å². The lowest BCUT2D eigenvalue weighted by atomic mass is 9.87. The molecule has 1 heterocycles. The quantitative estimate of drug-likeness (QED) is 0.918. The maximum absolute atomic E-state index is 5.76. The van der Waals surface area contributed by atoms with Crippen LogP contribution in [0.5, 0.6) is 5.75 Å². The van der Waals surface area contributed by atoms with E-state index in [0.717, 1.165) is 17.9 Å².